The molecule has 0 aliphatic carbocycles. The van der Waals surface area contributed by atoms with Gasteiger partial charge in [-0.15, -0.1) is 11.8 Å². The van der Waals surface area contributed by atoms with Gasteiger partial charge < -0.3 is 16.0 Å². The number of para-hydroxylation sites is 1. The van der Waals surface area contributed by atoms with Crippen LogP contribution in [0.2, 0.25) is 0 Å². The van der Waals surface area contributed by atoms with Crippen LogP contribution in [0.5, 0.6) is 0 Å². The van der Waals surface area contributed by atoms with Gasteiger partial charge in [-0.3, -0.25) is 23.9 Å². The molecular weight excluding hydrogens is 605 g/mol. The van der Waals surface area contributed by atoms with Crippen LogP contribution in [-0.2, 0) is 16.6 Å². The van der Waals surface area contributed by atoms with Crippen LogP contribution in [-0.4, -0.2) is 32.8 Å². The molecule has 0 unspecified atom stereocenters. The van der Waals surface area contributed by atoms with E-state index in [-0.39, 0.29) is 28.6 Å². The van der Waals surface area contributed by atoms with Crippen molar-refractivity contribution in [2.45, 2.75) is 11.8 Å². The molecule has 232 valence electrons. The second kappa shape index (κ2) is 14.4. The third-order valence-corrected chi connectivity index (χ3v) is 7.98. The summed E-state index contributed by atoms with van der Waals surface area (Å²) < 4.78 is 16.6. The van der Waals surface area contributed by atoms with Crippen molar-refractivity contribution < 1.29 is 18.8 Å². The quantitative estimate of drug-likeness (QED) is 0.133. The van der Waals surface area contributed by atoms with Crippen LogP contribution in [0.4, 0.5) is 15.8 Å². The Morgan fingerprint density at radius 1 is 0.848 bits per heavy atom. The molecule has 11 heteroatoms. The van der Waals surface area contributed by atoms with E-state index in [9.17, 15) is 23.6 Å². The highest BCUT2D eigenvalue weighted by Gasteiger charge is 2.19. The maximum atomic E-state index is 13.5. The Balaban J connectivity index is 1.27. The van der Waals surface area contributed by atoms with Crippen LogP contribution >= 0.6 is 11.8 Å². The first-order valence-corrected chi connectivity index (χ1v) is 15.2. The summed E-state index contributed by atoms with van der Waals surface area (Å²) in [5, 5.41) is 8.17. The Morgan fingerprint density at radius 2 is 1.52 bits per heavy atom. The number of carbonyl (C=O) groups is 3. The third kappa shape index (κ3) is 7.69. The minimum absolute atomic E-state index is 0.0133. The molecular formula is C35H30FN5O4S. The standard InChI is InChI=1S/C35H30FN5O4S/c1-23-32(35(45)41(40(23)2)28-13-7-4-8-14-28)39-31(42)22-46-29-15-9-12-27(21-29)37-34(44)30(20-24-16-18-26(36)19-17-24)38-33(43)25-10-5-3-6-11-25/h3-21H,22H2,1-2H3,(H,37,44)(H,38,43)(H,39,42)/b30-20+. The number of nitrogens with zero attached hydrogens (tertiary/aromatic N) is 2. The SMILES string of the molecule is Cc1c(NC(=O)CSc2cccc(NC(=O)/C(=C\c3ccc(F)cc3)NC(=O)c3ccccc3)c2)c(=O)n(-c2ccccc2)n1C. The van der Waals surface area contributed by atoms with Crippen molar-refractivity contribution in [1.29, 1.82) is 0 Å². The topological polar surface area (TPSA) is 114 Å². The number of anilines is 2. The van der Waals surface area contributed by atoms with E-state index in [0.29, 0.717) is 33.1 Å². The Bertz CT molecular complexity index is 1970. The Kier molecular flexibility index (Phi) is 9.94. The van der Waals surface area contributed by atoms with Crippen molar-refractivity contribution >= 4 is 46.9 Å². The van der Waals surface area contributed by atoms with Crippen LogP contribution in [0.15, 0.2) is 125 Å². The van der Waals surface area contributed by atoms with E-state index in [0.717, 1.165) is 0 Å². The summed E-state index contributed by atoms with van der Waals surface area (Å²) in [5.41, 5.74) is 2.43. The van der Waals surface area contributed by atoms with Gasteiger partial charge in [-0.25, -0.2) is 9.07 Å². The van der Waals surface area contributed by atoms with E-state index >= 15 is 0 Å². The van der Waals surface area contributed by atoms with E-state index in [1.165, 1.54) is 46.8 Å². The predicted molar refractivity (Wildman–Crippen MR) is 178 cm³/mol. The summed E-state index contributed by atoms with van der Waals surface area (Å²) in [7, 11) is 1.75. The van der Waals surface area contributed by atoms with Gasteiger partial charge in [-0.2, -0.15) is 0 Å². The smallest absolute Gasteiger partial charge is 0.295 e. The van der Waals surface area contributed by atoms with Gasteiger partial charge in [-0.05, 0) is 73.2 Å². The molecule has 0 saturated heterocycles. The highest BCUT2D eigenvalue weighted by molar-refractivity contribution is 8.00. The monoisotopic (exact) mass is 635 g/mol. The lowest BCUT2D eigenvalue weighted by atomic mass is 10.1. The average Bonchev–Trinajstić information content (AvgIpc) is 3.28. The highest BCUT2D eigenvalue weighted by Crippen LogP contribution is 2.23. The minimum atomic E-state index is -0.595. The van der Waals surface area contributed by atoms with Crippen LogP contribution < -0.4 is 21.5 Å². The van der Waals surface area contributed by atoms with E-state index in [4.69, 9.17) is 0 Å². The van der Waals surface area contributed by atoms with Crippen molar-refractivity contribution in [3.63, 3.8) is 0 Å². The third-order valence-electron chi connectivity index (χ3n) is 6.99. The maximum Gasteiger partial charge on any atom is 0.295 e. The maximum absolute atomic E-state index is 13.5. The molecule has 0 saturated carbocycles. The number of nitrogens with one attached hydrogen (secondary N) is 3. The number of hydrogen-bond acceptors (Lipinski definition) is 5. The summed E-state index contributed by atoms with van der Waals surface area (Å²) in [6, 6.07) is 30.0. The molecule has 1 aromatic heterocycles. The zero-order chi connectivity index (χ0) is 32.6. The minimum Gasteiger partial charge on any atom is -0.321 e. The molecule has 3 N–H and O–H groups in total. The zero-order valence-electron chi connectivity index (χ0n) is 25.0. The van der Waals surface area contributed by atoms with Crippen molar-refractivity contribution in [1.82, 2.24) is 14.7 Å². The van der Waals surface area contributed by atoms with Gasteiger partial charge in [0.25, 0.3) is 17.4 Å². The fraction of sp³-hybridized carbons (Fsp3) is 0.0857. The van der Waals surface area contributed by atoms with Crippen molar-refractivity contribution in [3.8, 4) is 5.69 Å². The van der Waals surface area contributed by atoms with Gasteiger partial charge in [0.05, 0.1) is 17.1 Å². The highest BCUT2D eigenvalue weighted by atomic mass is 32.2. The van der Waals surface area contributed by atoms with Crippen molar-refractivity contribution in [2.75, 3.05) is 16.4 Å². The van der Waals surface area contributed by atoms with E-state index in [2.05, 4.69) is 16.0 Å². The lowest BCUT2D eigenvalue weighted by Crippen LogP contribution is -2.30. The lowest BCUT2D eigenvalue weighted by molar-refractivity contribution is -0.114. The number of carbonyl (C=O) groups excluding carboxylic acids is 3. The molecule has 5 aromatic rings. The molecule has 46 heavy (non-hydrogen) atoms. The first-order chi connectivity index (χ1) is 22.2. The Hall–Kier alpha value is -5.68. The molecule has 0 fully saturated rings. The Morgan fingerprint density at radius 3 is 2.22 bits per heavy atom. The van der Waals surface area contributed by atoms with Gasteiger partial charge in [0, 0.05) is 23.2 Å². The predicted octanol–water partition coefficient (Wildman–Crippen LogP) is 5.76. The number of rotatable bonds is 10. The summed E-state index contributed by atoms with van der Waals surface area (Å²) in [5.74, 6) is -1.85. The van der Waals surface area contributed by atoms with Crippen LogP contribution in [0.1, 0.15) is 21.6 Å². The van der Waals surface area contributed by atoms with Gasteiger partial charge >= 0.3 is 0 Å². The number of aromatic nitrogens is 2. The fourth-order valence-corrected chi connectivity index (χ4v) is 5.32. The molecule has 0 atom stereocenters. The summed E-state index contributed by atoms with van der Waals surface area (Å²) in [4.78, 5) is 52.9. The summed E-state index contributed by atoms with van der Waals surface area (Å²) >= 11 is 1.23. The summed E-state index contributed by atoms with van der Waals surface area (Å²) in [6.45, 7) is 1.76. The second-order valence-electron chi connectivity index (χ2n) is 10.2. The van der Waals surface area contributed by atoms with Gasteiger partial charge in [0.2, 0.25) is 5.91 Å². The number of hydrogen-bond donors (Lipinski definition) is 3. The molecule has 3 amide bonds. The van der Waals surface area contributed by atoms with Gasteiger partial charge in [-0.1, -0.05) is 54.6 Å². The number of halogens is 1. The molecule has 1 heterocycles. The lowest BCUT2D eigenvalue weighted by Gasteiger charge is -2.12. The number of benzene rings is 4. The first kappa shape index (κ1) is 31.7. The Labute approximate surface area is 268 Å². The summed E-state index contributed by atoms with van der Waals surface area (Å²) in [6.07, 6.45) is 1.45. The number of amides is 3. The van der Waals surface area contributed by atoms with Crippen molar-refractivity contribution in [2.24, 2.45) is 7.05 Å². The molecule has 0 aliphatic heterocycles. The second-order valence-corrected chi connectivity index (χ2v) is 11.2. The molecule has 5 rings (SSSR count). The first-order valence-electron chi connectivity index (χ1n) is 14.2. The number of thioether (sulfide) groups is 1. The average molecular weight is 636 g/mol. The normalized spacial score (nSPS) is 11.2. The van der Waals surface area contributed by atoms with Crippen LogP contribution in [0.3, 0.4) is 0 Å². The van der Waals surface area contributed by atoms with Crippen LogP contribution in [0.25, 0.3) is 11.8 Å². The van der Waals surface area contributed by atoms with E-state index in [1.54, 1.807) is 73.3 Å². The largest absolute Gasteiger partial charge is 0.321 e. The molecule has 0 radical (unpaired) electrons. The molecule has 9 nitrogen and oxygen atoms in total. The zero-order valence-corrected chi connectivity index (χ0v) is 25.8. The van der Waals surface area contributed by atoms with E-state index in [1.807, 2.05) is 30.3 Å². The van der Waals surface area contributed by atoms with Gasteiger partial charge in [0.1, 0.15) is 17.2 Å². The molecule has 4 aromatic carbocycles. The van der Waals surface area contributed by atoms with Crippen molar-refractivity contribution in [3.05, 3.63) is 148 Å². The van der Waals surface area contributed by atoms with Gasteiger partial charge in [0.15, 0.2) is 0 Å². The van der Waals surface area contributed by atoms with E-state index < -0.39 is 17.6 Å². The molecule has 0 spiro atoms. The molecule has 0 aliphatic rings. The van der Waals surface area contributed by atoms with Crippen LogP contribution in [0, 0.1) is 12.7 Å². The fourth-order valence-electron chi connectivity index (χ4n) is 4.57. The molecule has 0 bridgehead atoms.